The molecule has 41 heavy (non-hydrogen) atoms. The van der Waals surface area contributed by atoms with E-state index in [-0.39, 0.29) is 36.9 Å². The van der Waals surface area contributed by atoms with E-state index >= 15 is 0 Å². The predicted molar refractivity (Wildman–Crippen MR) is 131 cm³/mol. The minimum absolute atomic E-state index is 0.0727. The summed E-state index contributed by atoms with van der Waals surface area (Å²) in [7, 11) is 0. The molecule has 2 saturated heterocycles. The first kappa shape index (κ1) is 30.5. The smallest absolute Gasteiger partial charge is 0.379 e. The lowest BCUT2D eigenvalue weighted by molar-refractivity contribution is -0.376. The Balaban J connectivity index is 1.31. The van der Waals surface area contributed by atoms with Gasteiger partial charge in [-0.2, -0.15) is 26.3 Å². The van der Waals surface area contributed by atoms with E-state index in [4.69, 9.17) is 4.74 Å². The van der Waals surface area contributed by atoms with E-state index in [0.717, 1.165) is 18.2 Å². The highest BCUT2D eigenvalue weighted by atomic mass is 19.4. The number of anilines is 1. The topological polar surface area (TPSA) is 94.1 Å². The SMILES string of the molecule is O=C(Nc1ccc(C(=O)N2CCN(Cc3ccc(C(O)(C(F)(F)F)C(F)(F)F)cc3)CC2)cc1F)NC1CCOC1. The third-order valence-corrected chi connectivity index (χ3v) is 6.99. The third-order valence-electron chi connectivity index (χ3n) is 6.99. The van der Waals surface area contributed by atoms with Crippen LogP contribution in [-0.2, 0) is 16.9 Å². The number of ether oxygens (including phenoxy) is 1. The number of benzene rings is 2. The van der Waals surface area contributed by atoms with Gasteiger partial charge in [-0.3, -0.25) is 9.69 Å². The molecule has 0 radical (unpaired) electrons. The predicted octanol–water partition coefficient (Wildman–Crippen LogP) is 4.01. The number of aliphatic hydroxyl groups is 1. The minimum atomic E-state index is -5.96. The second kappa shape index (κ2) is 11.8. The van der Waals surface area contributed by atoms with E-state index in [1.165, 1.54) is 17.0 Å². The number of halogens is 7. The van der Waals surface area contributed by atoms with Crippen molar-refractivity contribution in [1.82, 2.24) is 15.1 Å². The molecule has 2 aliphatic rings. The lowest BCUT2D eigenvalue weighted by atomic mass is 9.91. The number of alkyl halides is 6. The van der Waals surface area contributed by atoms with Gasteiger partial charge in [0.1, 0.15) is 5.82 Å². The number of rotatable bonds is 6. The highest BCUT2D eigenvalue weighted by Crippen LogP contribution is 2.50. The highest BCUT2D eigenvalue weighted by Gasteiger charge is 2.71. The standard InChI is InChI=1S/C26H27F7N4O4/c27-20-13-17(3-6-21(20)35-23(39)34-19-7-12-41-15-19)22(38)37-10-8-36(9-11-37)14-16-1-4-18(5-2-16)24(40,25(28,29)30)26(31,32)33/h1-6,13,19,40H,7-12,14-15H2,(H2,34,35,39). The molecular weight excluding hydrogens is 565 g/mol. The first-order chi connectivity index (χ1) is 19.2. The Morgan fingerprint density at radius 2 is 1.59 bits per heavy atom. The van der Waals surface area contributed by atoms with Crippen molar-refractivity contribution in [2.45, 2.75) is 37.0 Å². The van der Waals surface area contributed by atoms with Crippen molar-refractivity contribution in [3.63, 3.8) is 0 Å². The van der Waals surface area contributed by atoms with Crippen molar-refractivity contribution in [1.29, 1.82) is 0 Å². The Hall–Kier alpha value is -3.43. The Morgan fingerprint density at radius 3 is 2.12 bits per heavy atom. The molecule has 2 aliphatic heterocycles. The summed E-state index contributed by atoms with van der Waals surface area (Å²) < 4.78 is 98.3. The molecule has 0 saturated carbocycles. The van der Waals surface area contributed by atoms with Gasteiger partial charge in [0.05, 0.1) is 18.3 Å². The summed E-state index contributed by atoms with van der Waals surface area (Å²) >= 11 is 0. The van der Waals surface area contributed by atoms with Crippen LogP contribution in [0.2, 0.25) is 0 Å². The molecule has 8 nitrogen and oxygen atoms in total. The average Bonchev–Trinajstić information content (AvgIpc) is 3.41. The van der Waals surface area contributed by atoms with Crippen molar-refractivity contribution in [2.75, 3.05) is 44.7 Å². The second-order valence-electron chi connectivity index (χ2n) is 9.82. The zero-order chi connectivity index (χ0) is 30.0. The van der Waals surface area contributed by atoms with E-state index in [1.54, 1.807) is 0 Å². The molecule has 15 heteroatoms. The first-order valence-corrected chi connectivity index (χ1v) is 12.6. The summed E-state index contributed by atoms with van der Waals surface area (Å²) in [5.74, 6) is -1.23. The fourth-order valence-electron chi connectivity index (χ4n) is 4.63. The molecule has 2 fully saturated rings. The van der Waals surface area contributed by atoms with Crippen LogP contribution in [0, 0.1) is 5.82 Å². The van der Waals surface area contributed by atoms with E-state index in [2.05, 4.69) is 10.6 Å². The van der Waals surface area contributed by atoms with Gasteiger partial charge >= 0.3 is 18.4 Å². The van der Waals surface area contributed by atoms with E-state index in [1.807, 2.05) is 4.90 Å². The van der Waals surface area contributed by atoms with Gasteiger partial charge in [-0.05, 0) is 30.2 Å². The summed E-state index contributed by atoms with van der Waals surface area (Å²) in [6.45, 7) is 2.25. The number of urea groups is 1. The van der Waals surface area contributed by atoms with E-state index in [9.17, 15) is 45.4 Å². The molecule has 1 atom stereocenters. The average molecular weight is 593 g/mol. The number of piperazine rings is 1. The Morgan fingerprint density at radius 1 is 0.951 bits per heavy atom. The number of carbonyl (C=O) groups excluding carboxylic acids is 2. The highest BCUT2D eigenvalue weighted by molar-refractivity contribution is 5.95. The maximum Gasteiger partial charge on any atom is 0.430 e. The largest absolute Gasteiger partial charge is 0.430 e. The van der Waals surface area contributed by atoms with Crippen LogP contribution in [0.1, 0.15) is 27.9 Å². The van der Waals surface area contributed by atoms with Crippen LogP contribution in [-0.4, -0.2) is 84.6 Å². The van der Waals surface area contributed by atoms with Gasteiger partial charge < -0.3 is 25.4 Å². The Kier molecular flexibility index (Phi) is 8.80. The van der Waals surface area contributed by atoms with E-state index < -0.39 is 41.3 Å². The first-order valence-electron chi connectivity index (χ1n) is 12.6. The fraction of sp³-hybridized carbons (Fsp3) is 0.462. The zero-order valence-corrected chi connectivity index (χ0v) is 21.5. The maximum absolute atomic E-state index is 14.6. The minimum Gasteiger partial charge on any atom is -0.379 e. The fourth-order valence-corrected chi connectivity index (χ4v) is 4.63. The van der Waals surface area contributed by atoms with Crippen molar-refractivity contribution in [2.24, 2.45) is 0 Å². The van der Waals surface area contributed by atoms with Gasteiger partial charge in [-0.25, -0.2) is 9.18 Å². The van der Waals surface area contributed by atoms with E-state index in [0.29, 0.717) is 50.4 Å². The molecule has 3 amide bonds. The quantitative estimate of drug-likeness (QED) is 0.441. The third kappa shape index (κ3) is 6.73. The van der Waals surface area contributed by atoms with Crippen molar-refractivity contribution in [3.05, 3.63) is 65.0 Å². The lowest BCUT2D eigenvalue weighted by Gasteiger charge is -2.35. The van der Waals surface area contributed by atoms with Crippen molar-refractivity contribution >= 4 is 17.6 Å². The monoisotopic (exact) mass is 592 g/mol. The van der Waals surface area contributed by atoms with Crippen LogP contribution < -0.4 is 10.6 Å². The van der Waals surface area contributed by atoms with Gasteiger partial charge in [0.2, 0.25) is 0 Å². The molecule has 3 N–H and O–H groups in total. The molecule has 0 spiro atoms. The second-order valence-corrected chi connectivity index (χ2v) is 9.82. The van der Waals surface area contributed by atoms with Crippen LogP contribution in [0.3, 0.4) is 0 Å². The van der Waals surface area contributed by atoms with Crippen molar-refractivity contribution in [3.8, 4) is 0 Å². The molecule has 224 valence electrons. The molecule has 0 bridgehead atoms. The van der Waals surface area contributed by atoms with Gasteiger partial charge in [0.25, 0.3) is 11.5 Å². The summed E-state index contributed by atoms with van der Waals surface area (Å²) in [4.78, 5) is 28.3. The normalized spacial score (nSPS) is 18.8. The van der Waals surface area contributed by atoms with Crippen LogP contribution >= 0.6 is 0 Å². The van der Waals surface area contributed by atoms with Gasteiger partial charge in [0, 0.05) is 50.5 Å². The molecule has 1 unspecified atom stereocenters. The summed E-state index contributed by atoms with van der Waals surface area (Å²) in [6.07, 6.45) is -11.3. The molecule has 0 aromatic heterocycles. The van der Waals surface area contributed by atoms with Crippen LogP contribution in [0.25, 0.3) is 0 Å². The maximum atomic E-state index is 14.6. The Bertz CT molecular complexity index is 1230. The number of carbonyl (C=O) groups is 2. The molecule has 2 aromatic rings. The lowest BCUT2D eigenvalue weighted by Crippen LogP contribution is -2.53. The molecule has 0 aliphatic carbocycles. The molecule has 2 heterocycles. The summed E-state index contributed by atoms with van der Waals surface area (Å²) in [5.41, 5.74) is -5.94. The number of hydrogen-bond acceptors (Lipinski definition) is 5. The van der Waals surface area contributed by atoms with Crippen LogP contribution in [0.5, 0.6) is 0 Å². The van der Waals surface area contributed by atoms with Crippen LogP contribution in [0.15, 0.2) is 42.5 Å². The summed E-state index contributed by atoms with van der Waals surface area (Å²) in [6, 6.07) is 6.27. The van der Waals surface area contributed by atoms with Gasteiger partial charge in [-0.1, -0.05) is 24.3 Å². The molecular formula is C26H27F7N4O4. The number of nitrogens with one attached hydrogen (secondary N) is 2. The summed E-state index contributed by atoms with van der Waals surface area (Å²) in [5, 5.41) is 14.6. The molecule has 4 rings (SSSR count). The number of hydrogen-bond donors (Lipinski definition) is 3. The Labute approximate surface area is 230 Å². The van der Waals surface area contributed by atoms with Crippen LogP contribution in [0.4, 0.5) is 41.2 Å². The number of nitrogens with zero attached hydrogens (tertiary/aromatic N) is 2. The van der Waals surface area contributed by atoms with Crippen molar-refractivity contribution < 1.29 is 50.2 Å². The van der Waals surface area contributed by atoms with Gasteiger partial charge in [-0.15, -0.1) is 0 Å². The number of amides is 3. The van der Waals surface area contributed by atoms with Gasteiger partial charge in [0.15, 0.2) is 0 Å². The molecule has 2 aromatic carbocycles. The zero-order valence-electron chi connectivity index (χ0n) is 21.5.